The van der Waals surface area contributed by atoms with Gasteiger partial charge in [-0.15, -0.1) is 0 Å². The van der Waals surface area contributed by atoms with E-state index < -0.39 is 0 Å². The first-order valence-corrected chi connectivity index (χ1v) is 8.58. The zero-order valence-electron chi connectivity index (χ0n) is 14.2. The average Bonchev–Trinajstić information content (AvgIpc) is 3.16. The number of ether oxygens (including phenoxy) is 2. The summed E-state index contributed by atoms with van der Waals surface area (Å²) in [7, 11) is 0. The van der Waals surface area contributed by atoms with Crippen molar-refractivity contribution >= 4 is 5.91 Å². The lowest BCUT2D eigenvalue weighted by Gasteiger charge is -2.26. The molecule has 132 valence electrons. The Hall–Kier alpha value is -3.21. The Labute approximate surface area is 151 Å². The maximum atomic E-state index is 12.7. The van der Waals surface area contributed by atoms with E-state index in [1.165, 1.54) is 6.26 Å². The summed E-state index contributed by atoms with van der Waals surface area (Å²) >= 11 is 0. The van der Waals surface area contributed by atoms with Crippen molar-refractivity contribution in [3.63, 3.8) is 0 Å². The van der Waals surface area contributed by atoms with E-state index in [2.05, 4.69) is 5.32 Å². The number of fused-ring (bicyclic) bond motifs is 1. The van der Waals surface area contributed by atoms with Crippen LogP contribution in [-0.2, 0) is 6.61 Å². The van der Waals surface area contributed by atoms with Gasteiger partial charge in [0.05, 0.1) is 18.9 Å². The van der Waals surface area contributed by atoms with Crippen molar-refractivity contribution in [2.75, 3.05) is 6.61 Å². The first-order valence-electron chi connectivity index (χ1n) is 8.58. The molecule has 1 atom stereocenters. The van der Waals surface area contributed by atoms with Gasteiger partial charge < -0.3 is 19.2 Å². The largest absolute Gasteiger partial charge is 0.493 e. The first kappa shape index (κ1) is 16.3. The summed E-state index contributed by atoms with van der Waals surface area (Å²) in [5.41, 5.74) is 1.70. The molecule has 1 aromatic heterocycles. The molecule has 0 aliphatic carbocycles. The lowest BCUT2D eigenvalue weighted by Crippen LogP contribution is -2.32. The number of hydrogen-bond donors (Lipinski definition) is 1. The molecule has 0 radical (unpaired) electrons. The van der Waals surface area contributed by atoms with E-state index in [-0.39, 0.29) is 24.3 Å². The van der Waals surface area contributed by atoms with Crippen LogP contribution in [0.25, 0.3) is 0 Å². The van der Waals surface area contributed by atoms with Crippen LogP contribution in [0, 0.1) is 0 Å². The quantitative estimate of drug-likeness (QED) is 0.753. The van der Waals surface area contributed by atoms with Gasteiger partial charge >= 0.3 is 0 Å². The molecule has 1 aliphatic heterocycles. The Morgan fingerprint density at radius 1 is 1.08 bits per heavy atom. The summed E-state index contributed by atoms with van der Waals surface area (Å²) in [4.78, 5) is 12.7. The fraction of sp³-hybridized carbons (Fsp3) is 0.190. The summed E-state index contributed by atoms with van der Waals surface area (Å²) < 4.78 is 16.8. The highest BCUT2D eigenvalue weighted by atomic mass is 16.5. The highest BCUT2D eigenvalue weighted by Crippen LogP contribution is 2.31. The minimum absolute atomic E-state index is 0.0968. The zero-order chi connectivity index (χ0) is 17.8. The molecule has 5 heteroatoms. The molecule has 2 aromatic carbocycles. The molecule has 2 heterocycles. The summed E-state index contributed by atoms with van der Waals surface area (Å²) in [5.74, 6) is 1.60. The molecule has 1 N–H and O–H groups in total. The van der Waals surface area contributed by atoms with Crippen LogP contribution in [0.4, 0.5) is 0 Å². The second-order valence-corrected chi connectivity index (χ2v) is 6.08. The van der Waals surface area contributed by atoms with Crippen LogP contribution in [0.1, 0.15) is 34.1 Å². The Balaban J connectivity index is 1.46. The third-order valence-corrected chi connectivity index (χ3v) is 4.35. The van der Waals surface area contributed by atoms with Crippen molar-refractivity contribution in [2.45, 2.75) is 19.1 Å². The van der Waals surface area contributed by atoms with Crippen LogP contribution < -0.4 is 14.8 Å². The number of nitrogens with one attached hydrogen (secondary N) is 1. The number of carbonyl (C=O) groups excluding carboxylic acids is 1. The molecule has 0 fully saturated rings. The molecule has 0 saturated carbocycles. The molecule has 4 rings (SSSR count). The van der Waals surface area contributed by atoms with Crippen LogP contribution in [0.3, 0.4) is 0 Å². The van der Waals surface area contributed by atoms with E-state index >= 15 is 0 Å². The molecule has 3 aromatic rings. The maximum Gasteiger partial charge on any atom is 0.287 e. The number of hydrogen-bond acceptors (Lipinski definition) is 4. The molecule has 0 saturated heterocycles. The Bertz CT molecular complexity index is 888. The summed E-state index contributed by atoms with van der Waals surface area (Å²) in [6.45, 7) is 0.845. The summed E-state index contributed by atoms with van der Waals surface area (Å²) in [6, 6.07) is 18.9. The number of rotatable bonds is 5. The third-order valence-electron chi connectivity index (χ3n) is 4.35. The van der Waals surface area contributed by atoms with Gasteiger partial charge in [-0.3, -0.25) is 4.79 Å². The topological polar surface area (TPSA) is 60.7 Å². The molecule has 1 unspecified atom stereocenters. The Morgan fingerprint density at radius 3 is 2.77 bits per heavy atom. The van der Waals surface area contributed by atoms with Crippen LogP contribution in [0.2, 0.25) is 0 Å². The molecule has 1 aliphatic rings. The molecular weight excluding hydrogens is 330 g/mol. The van der Waals surface area contributed by atoms with Gasteiger partial charge in [0.25, 0.3) is 5.91 Å². The van der Waals surface area contributed by atoms with Crippen molar-refractivity contribution in [1.82, 2.24) is 5.32 Å². The van der Waals surface area contributed by atoms with Gasteiger partial charge in [-0.25, -0.2) is 0 Å². The van der Waals surface area contributed by atoms with Gasteiger partial charge in [0, 0.05) is 17.5 Å². The van der Waals surface area contributed by atoms with Crippen LogP contribution in [0.15, 0.2) is 71.3 Å². The number of furan rings is 1. The number of para-hydroxylation sites is 2. The molecular formula is C21H19NO4. The second-order valence-electron chi connectivity index (χ2n) is 6.08. The molecule has 26 heavy (non-hydrogen) atoms. The fourth-order valence-corrected chi connectivity index (χ4v) is 3.04. The van der Waals surface area contributed by atoms with Gasteiger partial charge in [0.15, 0.2) is 5.76 Å². The minimum Gasteiger partial charge on any atom is -0.493 e. The normalized spacial score (nSPS) is 15.6. The third kappa shape index (κ3) is 3.42. The second kappa shape index (κ2) is 7.35. The molecule has 0 bridgehead atoms. The molecule has 5 nitrogen and oxygen atoms in total. The minimum atomic E-state index is -0.247. The summed E-state index contributed by atoms with van der Waals surface area (Å²) in [6.07, 6.45) is 2.23. The van der Waals surface area contributed by atoms with E-state index in [4.69, 9.17) is 13.9 Å². The van der Waals surface area contributed by atoms with Crippen molar-refractivity contribution in [3.8, 4) is 11.5 Å². The number of carbonyl (C=O) groups is 1. The van der Waals surface area contributed by atoms with Gasteiger partial charge in [-0.2, -0.15) is 0 Å². The first-order chi connectivity index (χ1) is 12.8. The number of amides is 1. The lowest BCUT2D eigenvalue weighted by molar-refractivity contribution is 0.0893. The van der Waals surface area contributed by atoms with E-state index in [0.717, 1.165) is 23.5 Å². The Kier molecular flexibility index (Phi) is 4.60. The SMILES string of the molecule is O=C(NC1CCOc2ccccc21)c1occc1COc1ccccc1. The van der Waals surface area contributed by atoms with Crippen molar-refractivity contribution < 1.29 is 18.7 Å². The van der Waals surface area contributed by atoms with E-state index in [0.29, 0.717) is 12.2 Å². The fourth-order valence-electron chi connectivity index (χ4n) is 3.04. The maximum absolute atomic E-state index is 12.7. The van der Waals surface area contributed by atoms with Gasteiger partial charge in [0.1, 0.15) is 18.1 Å². The molecule has 1 amide bonds. The highest BCUT2D eigenvalue weighted by molar-refractivity contribution is 5.93. The summed E-state index contributed by atoms with van der Waals surface area (Å²) in [5, 5.41) is 3.05. The van der Waals surface area contributed by atoms with Gasteiger partial charge in [-0.1, -0.05) is 36.4 Å². The van der Waals surface area contributed by atoms with Crippen molar-refractivity contribution in [2.24, 2.45) is 0 Å². The average molecular weight is 349 g/mol. The molecule has 0 spiro atoms. The van der Waals surface area contributed by atoms with Crippen LogP contribution >= 0.6 is 0 Å². The van der Waals surface area contributed by atoms with Gasteiger partial charge in [-0.05, 0) is 24.3 Å². The van der Waals surface area contributed by atoms with E-state index in [9.17, 15) is 4.79 Å². The lowest BCUT2D eigenvalue weighted by atomic mass is 10.0. The number of benzene rings is 2. The zero-order valence-corrected chi connectivity index (χ0v) is 14.2. The smallest absolute Gasteiger partial charge is 0.287 e. The van der Waals surface area contributed by atoms with E-state index in [1.54, 1.807) is 6.07 Å². The van der Waals surface area contributed by atoms with Crippen LogP contribution in [-0.4, -0.2) is 12.5 Å². The van der Waals surface area contributed by atoms with Crippen LogP contribution in [0.5, 0.6) is 11.5 Å². The van der Waals surface area contributed by atoms with E-state index in [1.807, 2.05) is 54.6 Å². The highest BCUT2D eigenvalue weighted by Gasteiger charge is 2.25. The standard InChI is InChI=1S/C21H19NO4/c23-21(22-18-11-13-24-19-9-5-4-8-17(18)19)20-15(10-12-25-20)14-26-16-6-2-1-3-7-16/h1-10,12,18H,11,13-14H2,(H,22,23). The van der Waals surface area contributed by atoms with Crippen molar-refractivity contribution in [1.29, 1.82) is 0 Å². The monoisotopic (exact) mass is 349 g/mol. The predicted molar refractivity (Wildman–Crippen MR) is 96.2 cm³/mol. The van der Waals surface area contributed by atoms with Crippen molar-refractivity contribution in [3.05, 3.63) is 83.8 Å². The predicted octanol–water partition coefficient (Wildman–Crippen LogP) is 4.11. The van der Waals surface area contributed by atoms with Gasteiger partial charge in [0.2, 0.25) is 0 Å². The Morgan fingerprint density at radius 2 is 1.88 bits per heavy atom.